The molecule has 28 heavy (non-hydrogen) atoms. The van der Waals surface area contributed by atoms with E-state index in [2.05, 4.69) is 45.4 Å². The van der Waals surface area contributed by atoms with Crippen LogP contribution < -0.4 is 0 Å². The van der Waals surface area contributed by atoms with Gasteiger partial charge in [0.05, 0.1) is 25.2 Å². The summed E-state index contributed by atoms with van der Waals surface area (Å²) < 4.78 is 4.78. The van der Waals surface area contributed by atoms with E-state index in [1.54, 1.807) is 0 Å². The molecule has 1 unspecified atom stereocenters. The van der Waals surface area contributed by atoms with Crippen molar-refractivity contribution in [3.63, 3.8) is 0 Å². The number of piperidine rings is 1. The Morgan fingerprint density at radius 2 is 2.11 bits per heavy atom. The topological polar surface area (TPSA) is 58.2 Å². The Morgan fingerprint density at radius 3 is 3.00 bits per heavy atom. The Hall–Kier alpha value is -2.66. The first-order valence-corrected chi connectivity index (χ1v) is 9.98. The number of carbonyl (C=O) groups is 1. The molecule has 0 radical (unpaired) electrons. The molecule has 1 fully saturated rings. The van der Waals surface area contributed by atoms with Crippen LogP contribution in [0.4, 0.5) is 0 Å². The summed E-state index contributed by atoms with van der Waals surface area (Å²) in [5.74, 6) is 0.487. The summed E-state index contributed by atoms with van der Waals surface area (Å²) in [6.45, 7) is 3.19. The van der Waals surface area contributed by atoms with E-state index >= 15 is 0 Å². The van der Waals surface area contributed by atoms with Crippen LogP contribution in [-0.2, 0) is 28.9 Å². The molecular weight excluding hydrogens is 350 g/mol. The molecule has 4 rings (SSSR count). The third-order valence-corrected chi connectivity index (χ3v) is 5.61. The third kappa shape index (κ3) is 4.60. The number of nitrogens with one attached hydrogen (secondary N) is 1. The van der Waals surface area contributed by atoms with E-state index in [1.807, 2.05) is 18.3 Å². The lowest BCUT2D eigenvalue weighted by Crippen LogP contribution is -2.35. The third-order valence-electron chi connectivity index (χ3n) is 5.61. The number of esters is 1. The van der Waals surface area contributed by atoms with E-state index in [9.17, 15) is 4.79 Å². The lowest BCUT2D eigenvalue weighted by Gasteiger charge is -2.33. The number of carbonyl (C=O) groups excluding carboxylic acids is 1. The average molecular weight is 377 g/mol. The summed E-state index contributed by atoms with van der Waals surface area (Å²) in [5.41, 5.74) is 4.77. The van der Waals surface area contributed by atoms with Gasteiger partial charge in [0.1, 0.15) is 0 Å². The van der Waals surface area contributed by atoms with Gasteiger partial charge in [-0.2, -0.15) is 5.10 Å². The lowest BCUT2D eigenvalue weighted by molar-refractivity contribution is -0.139. The molecule has 146 valence electrons. The highest BCUT2D eigenvalue weighted by Crippen LogP contribution is 2.24. The summed E-state index contributed by atoms with van der Waals surface area (Å²) >= 11 is 0. The minimum absolute atomic E-state index is 0.190. The van der Waals surface area contributed by atoms with Crippen molar-refractivity contribution in [2.75, 3.05) is 20.2 Å². The molecular formula is C23H27N3O2. The van der Waals surface area contributed by atoms with Crippen LogP contribution in [0.15, 0.2) is 48.7 Å². The van der Waals surface area contributed by atoms with Crippen LogP contribution >= 0.6 is 0 Å². The van der Waals surface area contributed by atoms with Gasteiger partial charge in [0.15, 0.2) is 0 Å². The van der Waals surface area contributed by atoms with Crippen molar-refractivity contribution in [1.29, 1.82) is 0 Å². The molecule has 1 aromatic heterocycles. The first kappa shape index (κ1) is 18.7. The lowest BCUT2D eigenvalue weighted by atomic mass is 9.90. The highest BCUT2D eigenvalue weighted by Gasteiger charge is 2.20. The molecule has 1 aliphatic heterocycles. The number of H-pyrrole nitrogens is 1. The van der Waals surface area contributed by atoms with Gasteiger partial charge in [0.25, 0.3) is 0 Å². The number of hydrogen-bond donors (Lipinski definition) is 1. The Morgan fingerprint density at radius 1 is 1.21 bits per heavy atom. The number of nitrogens with zero attached hydrogens (tertiary/aromatic N) is 2. The quantitative estimate of drug-likeness (QED) is 0.665. The van der Waals surface area contributed by atoms with Crippen LogP contribution in [-0.4, -0.2) is 41.3 Å². The van der Waals surface area contributed by atoms with E-state index in [4.69, 9.17) is 4.74 Å². The molecule has 2 heterocycles. The molecule has 1 atom stereocenters. The number of aromatic nitrogens is 2. The Kier molecular flexibility index (Phi) is 5.72. The van der Waals surface area contributed by atoms with Crippen molar-refractivity contribution >= 4 is 16.9 Å². The fourth-order valence-corrected chi connectivity index (χ4v) is 4.25. The zero-order valence-electron chi connectivity index (χ0n) is 16.4. The molecule has 1 saturated heterocycles. The van der Waals surface area contributed by atoms with Crippen molar-refractivity contribution in [2.45, 2.75) is 32.2 Å². The molecule has 5 heteroatoms. The van der Waals surface area contributed by atoms with E-state index in [-0.39, 0.29) is 5.97 Å². The van der Waals surface area contributed by atoms with Crippen LogP contribution in [0.25, 0.3) is 10.9 Å². The van der Waals surface area contributed by atoms with Crippen LogP contribution in [0, 0.1) is 5.92 Å². The monoisotopic (exact) mass is 377 g/mol. The number of likely N-dealkylation sites (tertiary alicyclic amines) is 1. The van der Waals surface area contributed by atoms with Crippen molar-refractivity contribution < 1.29 is 9.53 Å². The van der Waals surface area contributed by atoms with Gasteiger partial charge in [0, 0.05) is 18.5 Å². The van der Waals surface area contributed by atoms with Gasteiger partial charge >= 0.3 is 5.97 Å². The predicted octanol–water partition coefficient (Wildman–Crippen LogP) is 3.73. The Bertz CT molecular complexity index is 950. The van der Waals surface area contributed by atoms with Crippen LogP contribution in [0.3, 0.4) is 0 Å². The van der Waals surface area contributed by atoms with Crippen molar-refractivity contribution in [3.8, 4) is 0 Å². The van der Waals surface area contributed by atoms with Crippen LogP contribution in [0.1, 0.15) is 29.5 Å². The molecule has 0 spiro atoms. The molecule has 0 amide bonds. The van der Waals surface area contributed by atoms with Gasteiger partial charge < -0.3 is 4.74 Å². The molecule has 1 N–H and O–H groups in total. The van der Waals surface area contributed by atoms with Gasteiger partial charge in [0.2, 0.25) is 0 Å². The zero-order valence-corrected chi connectivity index (χ0v) is 16.4. The average Bonchev–Trinajstić information content (AvgIpc) is 3.16. The smallest absolute Gasteiger partial charge is 0.309 e. The summed E-state index contributed by atoms with van der Waals surface area (Å²) in [6, 6.07) is 14.9. The van der Waals surface area contributed by atoms with Crippen molar-refractivity contribution in [1.82, 2.24) is 15.1 Å². The standard InChI is InChI=1S/C23H27N3O2/c1-28-23(27)13-17-4-2-5-19(10-17)15-26-9-3-6-20(16-26)11-18-7-8-22-21(12-18)14-24-25-22/h2,4-5,7-8,10,12,14,20H,3,6,9,11,13,15-16H2,1H3,(H,24,25). The second-order valence-corrected chi connectivity index (χ2v) is 7.81. The van der Waals surface area contributed by atoms with Gasteiger partial charge in [-0.25, -0.2) is 0 Å². The highest BCUT2D eigenvalue weighted by atomic mass is 16.5. The Balaban J connectivity index is 1.37. The summed E-state index contributed by atoms with van der Waals surface area (Å²) in [4.78, 5) is 14.1. The maximum Gasteiger partial charge on any atom is 0.309 e. The Labute approximate surface area is 165 Å². The first-order chi connectivity index (χ1) is 13.7. The molecule has 1 aliphatic rings. The summed E-state index contributed by atoms with van der Waals surface area (Å²) in [7, 11) is 1.43. The largest absolute Gasteiger partial charge is 0.469 e. The van der Waals surface area contributed by atoms with Gasteiger partial charge in [-0.15, -0.1) is 0 Å². The minimum atomic E-state index is -0.190. The normalized spacial score (nSPS) is 17.7. The van der Waals surface area contributed by atoms with E-state index in [0.717, 1.165) is 37.1 Å². The minimum Gasteiger partial charge on any atom is -0.469 e. The van der Waals surface area contributed by atoms with E-state index in [0.29, 0.717) is 12.3 Å². The SMILES string of the molecule is COC(=O)Cc1cccc(CN2CCCC(Cc3ccc4[nH]ncc4c3)C2)c1. The molecule has 5 nitrogen and oxygen atoms in total. The number of benzene rings is 2. The summed E-state index contributed by atoms with van der Waals surface area (Å²) in [6.07, 6.45) is 5.86. The second kappa shape index (κ2) is 8.57. The maximum absolute atomic E-state index is 11.5. The van der Waals surface area contributed by atoms with Gasteiger partial charge in [-0.1, -0.05) is 30.3 Å². The molecule has 3 aromatic rings. The predicted molar refractivity (Wildman–Crippen MR) is 110 cm³/mol. The van der Waals surface area contributed by atoms with Crippen LogP contribution in [0.2, 0.25) is 0 Å². The van der Waals surface area contributed by atoms with E-state index in [1.165, 1.54) is 36.5 Å². The number of methoxy groups -OCH3 is 1. The van der Waals surface area contributed by atoms with Gasteiger partial charge in [-0.3, -0.25) is 14.8 Å². The van der Waals surface area contributed by atoms with Crippen LogP contribution in [0.5, 0.6) is 0 Å². The fraction of sp³-hybridized carbons (Fsp3) is 0.391. The second-order valence-electron chi connectivity index (χ2n) is 7.81. The first-order valence-electron chi connectivity index (χ1n) is 9.98. The highest BCUT2D eigenvalue weighted by molar-refractivity contribution is 5.78. The zero-order chi connectivity index (χ0) is 19.3. The number of rotatable bonds is 6. The number of fused-ring (bicyclic) bond motifs is 1. The maximum atomic E-state index is 11.5. The molecule has 0 bridgehead atoms. The molecule has 0 aliphatic carbocycles. The van der Waals surface area contributed by atoms with Crippen molar-refractivity contribution in [3.05, 3.63) is 65.4 Å². The van der Waals surface area contributed by atoms with E-state index < -0.39 is 0 Å². The van der Waals surface area contributed by atoms with Crippen molar-refractivity contribution in [2.24, 2.45) is 5.92 Å². The number of ether oxygens (including phenoxy) is 1. The van der Waals surface area contributed by atoms with Gasteiger partial charge in [-0.05, 0) is 60.5 Å². The molecule has 2 aromatic carbocycles. The fourth-order valence-electron chi connectivity index (χ4n) is 4.25. The molecule has 0 saturated carbocycles. The number of aromatic amines is 1. The summed E-state index contributed by atoms with van der Waals surface area (Å²) in [5, 5.41) is 8.32. The number of hydrogen-bond acceptors (Lipinski definition) is 4.